The normalized spacial score (nSPS) is 13.7. The number of nitrogens with zero attached hydrogens (tertiary/aromatic N) is 1. The van der Waals surface area contributed by atoms with Crippen LogP contribution in [0.25, 0.3) is 5.57 Å². The number of imide groups is 1. The molecule has 0 unspecified atom stereocenters. The summed E-state index contributed by atoms with van der Waals surface area (Å²) in [6.07, 6.45) is 0. The molecule has 1 N–H and O–H groups in total. The Kier molecular flexibility index (Phi) is 5.72. The van der Waals surface area contributed by atoms with E-state index in [1.54, 1.807) is 60.7 Å². The van der Waals surface area contributed by atoms with Gasteiger partial charge in [-0.15, -0.1) is 0 Å². The Morgan fingerprint density at radius 3 is 2.39 bits per heavy atom. The second-order valence-electron chi connectivity index (χ2n) is 6.96. The van der Waals surface area contributed by atoms with E-state index in [0.717, 1.165) is 10.5 Å². The van der Waals surface area contributed by atoms with Crippen molar-refractivity contribution in [1.29, 1.82) is 0 Å². The van der Waals surface area contributed by atoms with E-state index in [1.807, 2.05) is 13.0 Å². The van der Waals surface area contributed by atoms with Crippen molar-refractivity contribution >= 4 is 52.0 Å². The highest BCUT2D eigenvalue weighted by molar-refractivity contribution is 6.46. The molecule has 0 bridgehead atoms. The van der Waals surface area contributed by atoms with Gasteiger partial charge in [-0.05, 0) is 48.9 Å². The third-order valence-corrected chi connectivity index (χ3v) is 5.61. The molecule has 5 nitrogen and oxygen atoms in total. The van der Waals surface area contributed by atoms with Gasteiger partial charge in [0.2, 0.25) is 0 Å². The topological polar surface area (TPSA) is 58.6 Å². The molecule has 4 rings (SSSR count). The first kappa shape index (κ1) is 21.0. The number of amides is 2. The highest BCUT2D eigenvalue weighted by atomic mass is 35.5. The Bertz CT molecular complexity index is 1240. The van der Waals surface area contributed by atoms with Crippen LogP contribution in [0.2, 0.25) is 10.0 Å². The number of carbonyl (C=O) groups excluding carboxylic acids is 2. The highest BCUT2D eigenvalue weighted by Gasteiger charge is 2.41. The molecule has 0 aromatic heterocycles. The van der Waals surface area contributed by atoms with Crippen molar-refractivity contribution in [2.75, 3.05) is 17.3 Å². The van der Waals surface area contributed by atoms with E-state index >= 15 is 0 Å². The first-order chi connectivity index (χ1) is 14.9. The minimum atomic E-state index is -0.495. The molecule has 3 aromatic carbocycles. The first-order valence-corrected chi connectivity index (χ1v) is 10.2. The molecule has 0 spiro atoms. The van der Waals surface area contributed by atoms with Crippen molar-refractivity contribution in [3.63, 3.8) is 0 Å². The lowest BCUT2D eigenvalue weighted by Crippen LogP contribution is -2.32. The number of benzene rings is 3. The van der Waals surface area contributed by atoms with Crippen molar-refractivity contribution in [2.45, 2.75) is 6.92 Å². The first-order valence-electron chi connectivity index (χ1n) is 9.46. The number of hydrogen-bond acceptors (Lipinski definition) is 4. The number of ether oxygens (including phenoxy) is 1. The Labute approximate surface area is 189 Å². The molecule has 2 amide bonds. The molecular formula is C24H18Cl2N2O3. The SMILES string of the molecule is COc1ccccc1C1=C(Nc2ccc(C)c(Cl)c2)C(=O)N(c2cccc(Cl)c2)C1=O. The van der Waals surface area contributed by atoms with Gasteiger partial charge < -0.3 is 10.1 Å². The van der Waals surface area contributed by atoms with E-state index in [9.17, 15) is 9.59 Å². The third kappa shape index (κ3) is 3.90. The minimum absolute atomic E-state index is 0.134. The molecule has 0 aliphatic carbocycles. The van der Waals surface area contributed by atoms with Crippen LogP contribution in [-0.4, -0.2) is 18.9 Å². The van der Waals surface area contributed by atoms with Crippen LogP contribution in [0.4, 0.5) is 11.4 Å². The molecule has 1 heterocycles. The van der Waals surface area contributed by atoms with E-state index in [1.165, 1.54) is 7.11 Å². The largest absolute Gasteiger partial charge is 0.496 e. The van der Waals surface area contributed by atoms with E-state index < -0.39 is 11.8 Å². The zero-order valence-electron chi connectivity index (χ0n) is 16.8. The Hall–Kier alpha value is -3.28. The minimum Gasteiger partial charge on any atom is -0.496 e. The van der Waals surface area contributed by atoms with Gasteiger partial charge in [-0.25, -0.2) is 4.90 Å². The van der Waals surface area contributed by atoms with Crippen LogP contribution in [0.5, 0.6) is 5.75 Å². The molecule has 7 heteroatoms. The van der Waals surface area contributed by atoms with Crippen molar-refractivity contribution in [3.05, 3.63) is 93.6 Å². The number of methoxy groups -OCH3 is 1. The zero-order valence-corrected chi connectivity index (χ0v) is 18.3. The van der Waals surface area contributed by atoms with E-state index in [-0.39, 0.29) is 11.3 Å². The fraction of sp³-hybridized carbons (Fsp3) is 0.0833. The number of anilines is 2. The van der Waals surface area contributed by atoms with Crippen LogP contribution in [-0.2, 0) is 9.59 Å². The lowest BCUT2D eigenvalue weighted by atomic mass is 10.0. The maximum atomic E-state index is 13.5. The van der Waals surface area contributed by atoms with Gasteiger partial charge >= 0.3 is 0 Å². The maximum Gasteiger partial charge on any atom is 0.282 e. The number of halogens is 2. The lowest BCUT2D eigenvalue weighted by molar-refractivity contribution is -0.120. The second-order valence-corrected chi connectivity index (χ2v) is 7.81. The van der Waals surface area contributed by atoms with Gasteiger partial charge in [0.05, 0.1) is 18.4 Å². The predicted octanol–water partition coefficient (Wildman–Crippen LogP) is 5.71. The third-order valence-electron chi connectivity index (χ3n) is 4.97. The molecule has 1 aliphatic rings. The molecule has 0 saturated carbocycles. The smallest absolute Gasteiger partial charge is 0.282 e. The Morgan fingerprint density at radius 1 is 0.903 bits per heavy atom. The number of rotatable bonds is 5. The number of hydrogen-bond donors (Lipinski definition) is 1. The van der Waals surface area contributed by atoms with Crippen LogP contribution in [0, 0.1) is 6.92 Å². The van der Waals surface area contributed by atoms with Crippen LogP contribution in [0.15, 0.2) is 72.4 Å². The van der Waals surface area contributed by atoms with Gasteiger partial charge in [-0.3, -0.25) is 9.59 Å². The summed E-state index contributed by atoms with van der Waals surface area (Å²) in [5.74, 6) is -0.491. The predicted molar refractivity (Wildman–Crippen MR) is 124 cm³/mol. The molecular weight excluding hydrogens is 435 g/mol. The Balaban J connectivity index is 1.87. The summed E-state index contributed by atoms with van der Waals surface area (Å²) < 4.78 is 5.45. The lowest BCUT2D eigenvalue weighted by Gasteiger charge is -2.16. The molecule has 0 saturated heterocycles. The molecule has 1 aliphatic heterocycles. The summed E-state index contributed by atoms with van der Waals surface area (Å²) in [5, 5.41) is 4.07. The number of para-hydroxylation sites is 1. The fourth-order valence-electron chi connectivity index (χ4n) is 3.41. The van der Waals surface area contributed by atoms with Gasteiger partial charge in [-0.2, -0.15) is 0 Å². The zero-order chi connectivity index (χ0) is 22.1. The van der Waals surface area contributed by atoms with Gasteiger partial charge in [0.1, 0.15) is 11.4 Å². The quantitative estimate of drug-likeness (QED) is 0.503. The van der Waals surface area contributed by atoms with E-state index in [0.29, 0.717) is 32.7 Å². The summed E-state index contributed by atoms with van der Waals surface area (Å²) in [6, 6.07) is 19.0. The van der Waals surface area contributed by atoms with Crippen LogP contribution in [0.3, 0.4) is 0 Å². The molecule has 0 atom stereocenters. The molecule has 3 aromatic rings. The number of nitrogens with one attached hydrogen (secondary N) is 1. The molecule has 0 radical (unpaired) electrons. The maximum absolute atomic E-state index is 13.5. The molecule has 0 fully saturated rings. The van der Waals surface area contributed by atoms with Crippen molar-refractivity contribution < 1.29 is 14.3 Å². The summed E-state index contributed by atoms with van der Waals surface area (Å²) in [7, 11) is 1.52. The van der Waals surface area contributed by atoms with Crippen molar-refractivity contribution in [2.24, 2.45) is 0 Å². The summed E-state index contributed by atoms with van der Waals surface area (Å²) in [4.78, 5) is 28.0. The van der Waals surface area contributed by atoms with Crippen LogP contribution in [0.1, 0.15) is 11.1 Å². The molecule has 31 heavy (non-hydrogen) atoms. The Morgan fingerprint density at radius 2 is 1.68 bits per heavy atom. The van der Waals surface area contributed by atoms with Gasteiger partial charge in [-0.1, -0.05) is 53.5 Å². The van der Waals surface area contributed by atoms with Crippen LogP contribution >= 0.6 is 23.2 Å². The van der Waals surface area contributed by atoms with Crippen molar-refractivity contribution in [3.8, 4) is 5.75 Å². The van der Waals surface area contributed by atoms with Crippen molar-refractivity contribution in [1.82, 2.24) is 0 Å². The van der Waals surface area contributed by atoms with E-state index in [2.05, 4.69) is 5.32 Å². The second kappa shape index (κ2) is 8.46. The molecule has 156 valence electrons. The number of carbonyl (C=O) groups is 2. The standard InChI is InChI=1S/C24H18Cl2N2O3/c1-14-10-11-16(13-19(14)26)27-22-21(18-8-3-4-9-20(18)31-2)23(29)28(24(22)30)17-7-5-6-15(25)12-17/h3-13,27H,1-2H3. The van der Waals surface area contributed by atoms with Crippen LogP contribution < -0.4 is 15.0 Å². The highest BCUT2D eigenvalue weighted by Crippen LogP contribution is 2.38. The average molecular weight is 453 g/mol. The fourth-order valence-corrected chi connectivity index (χ4v) is 3.78. The van der Waals surface area contributed by atoms with Gasteiger partial charge in [0, 0.05) is 21.3 Å². The summed E-state index contributed by atoms with van der Waals surface area (Å²) >= 11 is 12.4. The van der Waals surface area contributed by atoms with E-state index in [4.69, 9.17) is 27.9 Å². The summed E-state index contributed by atoms with van der Waals surface area (Å²) in [6.45, 7) is 1.89. The monoisotopic (exact) mass is 452 g/mol. The number of aryl methyl sites for hydroxylation is 1. The summed E-state index contributed by atoms with van der Waals surface area (Å²) in [5.41, 5.74) is 2.73. The van der Waals surface area contributed by atoms with Gasteiger partial charge in [0.15, 0.2) is 0 Å². The average Bonchev–Trinajstić information content (AvgIpc) is 3.00. The van der Waals surface area contributed by atoms with Gasteiger partial charge in [0.25, 0.3) is 11.8 Å².